The van der Waals surface area contributed by atoms with E-state index in [1.165, 1.54) is 16.5 Å². The monoisotopic (exact) mass is 225 g/mol. The van der Waals surface area contributed by atoms with Gasteiger partial charge in [0.15, 0.2) is 0 Å². The van der Waals surface area contributed by atoms with Crippen molar-refractivity contribution in [1.82, 2.24) is 4.57 Å². The number of aryl methyl sites for hydroxylation is 1. The van der Waals surface area contributed by atoms with Crippen LogP contribution in [-0.4, -0.2) is 4.57 Å². The number of rotatable bonds is 3. The molecule has 0 bridgehead atoms. The summed E-state index contributed by atoms with van der Waals surface area (Å²) < 4.78 is 7.67. The summed E-state index contributed by atoms with van der Waals surface area (Å²) in [6.07, 6.45) is 4.91. The van der Waals surface area contributed by atoms with Crippen molar-refractivity contribution in [3.05, 3.63) is 60.2 Å². The van der Waals surface area contributed by atoms with Crippen molar-refractivity contribution in [3.63, 3.8) is 0 Å². The van der Waals surface area contributed by atoms with Crippen LogP contribution in [0.15, 0.2) is 53.3 Å². The lowest BCUT2D eigenvalue weighted by molar-refractivity contribution is 0.496. The molecule has 2 aromatic heterocycles. The lowest BCUT2D eigenvalue weighted by Gasteiger charge is -2.07. The molecule has 0 spiro atoms. The van der Waals surface area contributed by atoms with Gasteiger partial charge in [-0.25, -0.2) is 0 Å². The number of furan rings is 1. The van der Waals surface area contributed by atoms with E-state index in [0.29, 0.717) is 0 Å². The second kappa shape index (κ2) is 4.13. The summed E-state index contributed by atoms with van der Waals surface area (Å²) >= 11 is 0. The summed E-state index contributed by atoms with van der Waals surface area (Å²) in [4.78, 5) is 0. The third kappa shape index (κ3) is 1.76. The minimum Gasteiger partial charge on any atom is -0.467 e. The zero-order chi connectivity index (χ0) is 11.7. The van der Waals surface area contributed by atoms with E-state index < -0.39 is 0 Å². The fraction of sp³-hybridized carbons (Fsp3) is 0.200. The Kier molecular flexibility index (Phi) is 2.48. The molecule has 2 heterocycles. The van der Waals surface area contributed by atoms with E-state index in [1.807, 2.05) is 12.1 Å². The molecular weight excluding hydrogens is 210 g/mol. The van der Waals surface area contributed by atoms with Crippen LogP contribution in [0.25, 0.3) is 10.9 Å². The Hall–Kier alpha value is -1.96. The van der Waals surface area contributed by atoms with Gasteiger partial charge in [-0.2, -0.15) is 0 Å². The van der Waals surface area contributed by atoms with E-state index in [4.69, 9.17) is 4.42 Å². The number of hydrogen-bond acceptors (Lipinski definition) is 1. The molecule has 17 heavy (non-hydrogen) atoms. The fourth-order valence-electron chi connectivity index (χ4n) is 2.33. The van der Waals surface area contributed by atoms with Crippen molar-refractivity contribution in [2.24, 2.45) is 0 Å². The van der Waals surface area contributed by atoms with Gasteiger partial charge in [0, 0.05) is 6.20 Å². The number of benzene rings is 1. The van der Waals surface area contributed by atoms with Gasteiger partial charge < -0.3 is 8.98 Å². The molecule has 0 aliphatic carbocycles. The highest BCUT2D eigenvalue weighted by Gasteiger charge is 2.06. The SMILES string of the molecule is CCc1cccc2ccn(Cc3ccco3)c12. The molecular formula is C15H15NO. The van der Waals surface area contributed by atoms with E-state index in [0.717, 1.165) is 18.7 Å². The Bertz CT molecular complexity index is 619. The van der Waals surface area contributed by atoms with Crippen LogP contribution in [0, 0.1) is 0 Å². The molecule has 2 heteroatoms. The molecule has 0 saturated carbocycles. The van der Waals surface area contributed by atoms with Crippen molar-refractivity contribution >= 4 is 10.9 Å². The van der Waals surface area contributed by atoms with Crippen LogP contribution in [0.5, 0.6) is 0 Å². The highest BCUT2D eigenvalue weighted by Crippen LogP contribution is 2.22. The molecule has 0 atom stereocenters. The lowest BCUT2D eigenvalue weighted by atomic mass is 10.1. The van der Waals surface area contributed by atoms with Gasteiger partial charge in [0.1, 0.15) is 5.76 Å². The van der Waals surface area contributed by atoms with E-state index in [2.05, 4.69) is 42.0 Å². The van der Waals surface area contributed by atoms with Gasteiger partial charge in [-0.1, -0.05) is 25.1 Å². The van der Waals surface area contributed by atoms with Gasteiger partial charge in [0.2, 0.25) is 0 Å². The fourth-order valence-corrected chi connectivity index (χ4v) is 2.33. The Morgan fingerprint density at radius 3 is 2.82 bits per heavy atom. The molecule has 0 saturated heterocycles. The van der Waals surface area contributed by atoms with Crippen LogP contribution >= 0.6 is 0 Å². The number of nitrogens with zero attached hydrogens (tertiary/aromatic N) is 1. The van der Waals surface area contributed by atoms with Crippen LogP contribution in [0.1, 0.15) is 18.2 Å². The second-order valence-corrected chi connectivity index (χ2v) is 4.23. The number of aromatic nitrogens is 1. The summed E-state index contributed by atoms with van der Waals surface area (Å²) in [5.41, 5.74) is 2.71. The number of para-hydroxylation sites is 1. The van der Waals surface area contributed by atoms with Crippen molar-refractivity contribution in [3.8, 4) is 0 Å². The molecule has 1 aromatic carbocycles. The summed E-state index contributed by atoms with van der Waals surface area (Å²) in [5.74, 6) is 0.994. The minimum absolute atomic E-state index is 0.799. The Morgan fingerprint density at radius 1 is 1.12 bits per heavy atom. The molecule has 86 valence electrons. The van der Waals surface area contributed by atoms with Gasteiger partial charge >= 0.3 is 0 Å². The number of fused-ring (bicyclic) bond motifs is 1. The summed E-state index contributed by atoms with van der Waals surface area (Å²) in [7, 11) is 0. The normalized spacial score (nSPS) is 11.1. The standard InChI is InChI=1S/C15H15NO/c1-2-12-5-3-6-13-8-9-16(15(12)13)11-14-7-4-10-17-14/h3-10H,2,11H2,1H3. The maximum Gasteiger partial charge on any atom is 0.123 e. The topological polar surface area (TPSA) is 18.1 Å². The summed E-state index contributed by atoms with van der Waals surface area (Å²) in [5, 5.41) is 1.30. The maximum atomic E-state index is 5.41. The number of hydrogen-bond donors (Lipinski definition) is 0. The Balaban J connectivity index is 2.10. The average molecular weight is 225 g/mol. The molecule has 0 aliphatic heterocycles. The van der Waals surface area contributed by atoms with Crippen LogP contribution < -0.4 is 0 Å². The minimum atomic E-state index is 0.799. The first-order valence-corrected chi connectivity index (χ1v) is 5.97. The van der Waals surface area contributed by atoms with Crippen LogP contribution in [0.2, 0.25) is 0 Å². The second-order valence-electron chi connectivity index (χ2n) is 4.23. The van der Waals surface area contributed by atoms with Crippen molar-refractivity contribution in [2.45, 2.75) is 19.9 Å². The average Bonchev–Trinajstić information content (AvgIpc) is 2.99. The molecule has 0 N–H and O–H groups in total. The first-order valence-electron chi connectivity index (χ1n) is 5.97. The quantitative estimate of drug-likeness (QED) is 0.662. The van der Waals surface area contributed by atoms with Gasteiger partial charge in [0.25, 0.3) is 0 Å². The van der Waals surface area contributed by atoms with Crippen LogP contribution in [0.3, 0.4) is 0 Å². The molecule has 0 aliphatic rings. The molecule has 3 aromatic rings. The maximum absolute atomic E-state index is 5.41. The van der Waals surface area contributed by atoms with Crippen molar-refractivity contribution in [2.75, 3.05) is 0 Å². The van der Waals surface area contributed by atoms with Gasteiger partial charge in [-0.05, 0) is 35.6 Å². The molecule has 0 amide bonds. The largest absolute Gasteiger partial charge is 0.467 e. The van der Waals surface area contributed by atoms with Crippen LogP contribution in [-0.2, 0) is 13.0 Å². The van der Waals surface area contributed by atoms with Gasteiger partial charge in [-0.15, -0.1) is 0 Å². The third-order valence-electron chi connectivity index (χ3n) is 3.16. The lowest BCUT2D eigenvalue weighted by Crippen LogP contribution is -1.98. The highest BCUT2D eigenvalue weighted by atomic mass is 16.3. The van der Waals surface area contributed by atoms with E-state index in [-0.39, 0.29) is 0 Å². The van der Waals surface area contributed by atoms with E-state index in [1.54, 1.807) is 6.26 Å². The molecule has 0 radical (unpaired) electrons. The van der Waals surface area contributed by atoms with Crippen molar-refractivity contribution < 1.29 is 4.42 Å². The molecule has 2 nitrogen and oxygen atoms in total. The zero-order valence-electron chi connectivity index (χ0n) is 9.89. The van der Waals surface area contributed by atoms with E-state index in [9.17, 15) is 0 Å². The first kappa shape index (κ1) is 10.2. The molecule has 3 rings (SSSR count). The van der Waals surface area contributed by atoms with E-state index >= 15 is 0 Å². The Labute approximate surface area is 100 Å². The highest BCUT2D eigenvalue weighted by molar-refractivity contribution is 5.83. The smallest absolute Gasteiger partial charge is 0.123 e. The van der Waals surface area contributed by atoms with Crippen molar-refractivity contribution in [1.29, 1.82) is 0 Å². The summed E-state index contributed by atoms with van der Waals surface area (Å²) in [6.45, 7) is 2.99. The van der Waals surface area contributed by atoms with Gasteiger partial charge in [0.05, 0.1) is 18.3 Å². The first-order chi connectivity index (χ1) is 8.38. The summed E-state index contributed by atoms with van der Waals surface area (Å²) in [6, 6.07) is 12.6. The molecule has 0 unspecified atom stereocenters. The predicted molar refractivity (Wildman–Crippen MR) is 69.1 cm³/mol. The zero-order valence-corrected chi connectivity index (χ0v) is 9.89. The van der Waals surface area contributed by atoms with Crippen LogP contribution in [0.4, 0.5) is 0 Å². The Morgan fingerprint density at radius 2 is 2.06 bits per heavy atom. The third-order valence-corrected chi connectivity index (χ3v) is 3.16. The van der Waals surface area contributed by atoms with Gasteiger partial charge in [-0.3, -0.25) is 0 Å². The molecule has 0 fully saturated rings. The predicted octanol–water partition coefficient (Wildman–Crippen LogP) is 3.85.